The Morgan fingerprint density at radius 1 is 1.50 bits per heavy atom. The van der Waals surface area contributed by atoms with Crippen molar-refractivity contribution in [1.29, 1.82) is 0 Å². The molecular weight excluding hydrogens is 174 g/mol. The fourth-order valence-corrected chi connectivity index (χ4v) is 0. The fourth-order valence-electron chi connectivity index (χ4n) is 0. The van der Waals surface area contributed by atoms with Gasteiger partial charge in [0.15, 0.2) is 0 Å². The molecule has 3 radical (unpaired) electrons. The summed E-state index contributed by atoms with van der Waals surface area (Å²) >= 11 is 0. The zero-order chi connectivity index (χ0) is 4.28. The van der Waals surface area contributed by atoms with Crippen LogP contribution >= 0.6 is 0 Å². The monoisotopic (exact) mass is 189 g/mol. The van der Waals surface area contributed by atoms with E-state index in [1.807, 2.05) is 6.92 Å². The van der Waals surface area contributed by atoms with E-state index in [0.29, 0.717) is 6.54 Å². The summed E-state index contributed by atoms with van der Waals surface area (Å²) in [5.74, 6) is 0.0509. The van der Waals surface area contributed by atoms with E-state index in [2.05, 4.69) is 0 Å². The van der Waals surface area contributed by atoms with Gasteiger partial charge in [0.05, 0.1) is 7.85 Å². The second-order valence-electron chi connectivity index (χ2n) is 1.18. The quantitative estimate of drug-likeness (QED) is 0.565. The number of hydrogen-bond acceptors (Lipinski definition) is 0. The first-order chi connectivity index (χ1) is 2.27. The summed E-state index contributed by atoms with van der Waals surface area (Å²) < 4.78 is 0. The molecule has 0 saturated heterocycles. The van der Waals surface area contributed by atoms with Crippen molar-refractivity contribution in [2.45, 2.75) is 27.6 Å². The summed E-state index contributed by atoms with van der Waals surface area (Å²) in [5.41, 5.74) is 6.53. The van der Waals surface area contributed by atoms with Gasteiger partial charge < -0.3 is 5.73 Å². The molecule has 1 unspecified atom stereocenters. The summed E-state index contributed by atoms with van der Waals surface area (Å²) in [6.07, 6.45) is 0. The molecule has 0 aliphatic rings. The van der Waals surface area contributed by atoms with Crippen LogP contribution in [0.5, 0.6) is 0 Å². The van der Waals surface area contributed by atoms with Crippen LogP contribution in [0.4, 0.5) is 0 Å². The van der Waals surface area contributed by atoms with Crippen LogP contribution in [0.3, 0.4) is 0 Å². The molecule has 0 spiro atoms. The van der Waals surface area contributed by atoms with E-state index in [1.165, 1.54) is 0 Å². The Morgan fingerprint density at radius 2 is 1.62 bits per heavy atom. The van der Waals surface area contributed by atoms with E-state index in [9.17, 15) is 0 Å². The van der Waals surface area contributed by atoms with Crippen LogP contribution in [0.15, 0.2) is 0 Å². The van der Waals surface area contributed by atoms with Gasteiger partial charge in [0.1, 0.15) is 0 Å². The average molecular weight is 189 g/mol. The molecule has 0 heterocycles. The minimum absolute atomic E-state index is 0. The molecule has 3 heteroatoms. The van der Waals surface area contributed by atoms with Crippen molar-refractivity contribution in [3.8, 4) is 0 Å². The molecule has 1 atom stereocenters. The third kappa shape index (κ3) is 27.4. The van der Waals surface area contributed by atoms with Crippen molar-refractivity contribution in [1.82, 2.24) is 0 Å². The summed E-state index contributed by atoms with van der Waals surface area (Å²) in [6, 6.07) is 0. The molecule has 0 aromatic carbocycles. The molecule has 0 fully saturated rings. The van der Waals surface area contributed by atoms with Gasteiger partial charge in [-0.1, -0.05) is 27.6 Å². The summed E-state index contributed by atoms with van der Waals surface area (Å²) in [5, 5.41) is 0. The van der Waals surface area contributed by atoms with Crippen molar-refractivity contribution >= 4 is 7.85 Å². The van der Waals surface area contributed by atoms with Crippen molar-refractivity contribution in [2.24, 2.45) is 0 Å². The van der Waals surface area contributed by atoms with Crippen molar-refractivity contribution in [3.63, 3.8) is 0 Å². The maximum atomic E-state index is 6.53. The molecule has 1 N–H and O–H groups in total. The van der Waals surface area contributed by atoms with Crippen LogP contribution < -0.4 is 0 Å². The van der Waals surface area contributed by atoms with Crippen LogP contribution in [0, 0.1) is 0 Å². The first kappa shape index (κ1) is 22.9. The first-order valence-corrected chi connectivity index (χ1v) is 1.67. The van der Waals surface area contributed by atoms with Crippen LogP contribution in [0.25, 0.3) is 5.73 Å². The van der Waals surface area contributed by atoms with E-state index in [0.717, 1.165) is 0 Å². The minimum Gasteiger partial charge on any atom is -0.678 e. The standard InChI is InChI=1S/C3H7BN.2CH4.Y/c1-3(4)2-5;;;/h3,5H,2H2,1H3;2*1H4;/q-1;;;. The number of nitrogens with one attached hydrogen (secondary N) is 1. The fraction of sp³-hybridized carbons (Fsp3) is 1.00. The van der Waals surface area contributed by atoms with Gasteiger partial charge in [0.25, 0.3) is 0 Å². The van der Waals surface area contributed by atoms with Gasteiger partial charge in [-0.25, -0.2) is 0 Å². The summed E-state index contributed by atoms with van der Waals surface area (Å²) in [6.45, 7) is 2.15. The van der Waals surface area contributed by atoms with E-state index >= 15 is 0 Å². The summed E-state index contributed by atoms with van der Waals surface area (Å²) in [7, 11) is 5.10. The van der Waals surface area contributed by atoms with Crippen LogP contribution in [0.1, 0.15) is 21.8 Å². The van der Waals surface area contributed by atoms with Gasteiger partial charge in [0.2, 0.25) is 0 Å². The first-order valence-electron chi connectivity index (χ1n) is 1.67. The Bertz CT molecular complexity index is 26.4. The van der Waals surface area contributed by atoms with Gasteiger partial charge in [-0.05, 0) is 0 Å². The topological polar surface area (TPSA) is 23.8 Å². The van der Waals surface area contributed by atoms with Gasteiger partial charge >= 0.3 is 0 Å². The SMILES string of the molecule is C.C.[B]C(C)C[NH-].[Y]. The van der Waals surface area contributed by atoms with Crippen LogP contribution in [-0.2, 0) is 32.7 Å². The average Bonchev–Trinajstić information content (AvgIpc) is 1.38. The largest absolute Gasteiger partial charge is 0.678 e. The molecule has 0 aromatic heterocycles. The Kier molecular flexibility index (Phi) is 45.0. The molecule has 0 rings (SSSR count). The maximum absolute atomic E-state index is 6.53. The number of rotatable bonds is 1. The molecule has 47 valence electrons. The Hall–Kier alpha value is 1.13. The molecule has 1 nitrogen and oxygen atoms in total. The zero-order valence-electron chi connectivity index (χ0n) is 3.94. The second-order valence-corrected chi connectivity index (χ2v) is 1.18. The second kappa shape index (κ2) is 15.7. The van der Waals surface area contributed by atoms with Crippen molar-refractivity contribution in [2.75, 3.05) is 6.54 Å². The molecule has 0 amide bonds. The molecule has 0 aromatic rings. The van der Waals surface area contributed by atoms with E-state index < -0.39 is 0 Å². The number of hydrogen-bond donors (Lipinski definition) is 0. The smallest absolute Gasteiger partial charge is 0.0672 e. The van der Waals surface area contributed by atoms with Gasteiger partial charge in [0, 0.05) is 32.7 Å². The summed E-state index contributed by atoms with van der Waals surface area (Å²) in [4.78, 5) is 0. The van der Waals surface area contributed by atoms with Crippen molar-refractivity contribution < 1.29 is 32.7 Å². The molecule has 0 saturated carbocycles. The van der Waals surface area contributed by atoms with Gasteiger partial charge in [-0.3, -0.25) is 0 Å². The maximum Gasteiger partial charge on any atom is 0.0672 e. The van der Waals surface area contributed by atoms with E-state index in [4.69, 9.17) is 13.6 Å². The molecule has 0 bridgehead atoms. The van der Waals surface area contributed by atoms with Crippen molar-refractivity contribution in [3.05, 3.63) is 5.73 Å². The Balaban J connectivity index is -0.0000000267. The zero-order valence-corrected chi connectivity index (χ0v) is 6.78. The van der Waals surface area contributed by atoms with Crippen LogP contribution in [0.2, 0.25) is 5.82 Å². The van der Waals surface area contributed by atoms with E-state index in [-0.39, 0.29) is 53.4 Å². The van der Waals surface area contributed by atoms with Gasteiger partial charge in [-0.2, -0.15) is 6.54 Å². The molecular formula is C5H15BNY-. The molecule has 0 aliphatic heterocycles. The molecule has 0 aliphatic carbocycles. The normalized spacial score (nSPS) is 9.25. The third-order valence-corrected chi connectivity index (χ3v) is 0.322. The van der Waals surface area contributed by atoms with Gasteiger partial charge in [-0.15, -0.1) is 0 Å². The Labute approximate surface area is 80.1 Å². The van der Waals surface area contributed by atoms with E-state index in [1.54, 1.807) is 0 Å². The third-order valence-electron chi connectivity index (χ3n) is 0.322. The van der Waals surface area contributed by atoms with Crippen LogP contribution in [-0.4, -0.2) is 14.4 Å². The Morgan fingerprint density at radius 3 is 1.62 bits per heavy atom. The molecule has 8 heavy (non-hydrogen) atoms. The minimum atomic E-state index is 0. The predicted molar refractivity (Wildman–Crippen MR) is 37.8 cm³/mol. The predicted octanol–water partition coefficient (Wildman–Crippen LogP) is 2.29.